The zero-order chi connectivity index (χ0) is 24.6. The highest BCUT2D eigenvalue weighted by Gasteiger charge is 2.22. The van der Waals surface area contributed by atoms with Gasteiger partial charge in [-0.1, -0.05) is 17.7 Å². The number of rotatable bonds is 7. The lowest BCUT2D eigenvalue weighted by Gasteiger charge is -2.11. The van der Waals surface area contributed by atoms with E-state index in [1.165, 1.54) is 35.0 Å². The van der Waals surface area contributed by atoms with Crippen molar-refractivity contribution >= 4 is 70.9 Å². The number of hydrogen-bond donors (Lipinski definition) is 1. The monoisotopic (exact) mass is 582 g/mol. The van der Waals surface area contributed by atoms with E-state index in [2.05, 4.69) is 21.2 Å². The van der Waals surface area contributed by atoms with Gasteiger partial charge in [0.15, 0.2) is 15.6 Å². The van der Waals surface area contributed by atoms with E-state index in [0.29, 0.717) is 25.1 Å². The van der Waals surface area contributed by atoms with E-state index in [1.54, 1.807) is 19.2 Å². The van der Waals surface area contributed by atoms with Crippen LogP contribution in [0.2, 0.25) is 4.34 Å². The van der Waals surface area contributed by atoms with Crippen LogP contribution in [0.4, 0.5) is 10.1 Å². The molecule has 0 spiro atoms. The molecule has 34 heavy (non-hydrogen) atoms. The number of pyridine rings is 1. The molecule has 0 radical (unpaired) electrons. The van der Waals surface area contributed by atoms with Crippen LogP contribution < -0.4 is 10.9 Å². The molecule has 0 aliphatic carbocycles. The maximum Gasteiger partial charge on any atom is 0.263 e. The van der Waals surface area contributed by atoms with E-state index >= 15 is 0 Å². The highest BCUT2D eigenvalue weighted by molar-refractivity contribution is 9.10. The zero-order valence-corrected chi connectivity index (χ0v) is 21.6. The van der Waals surface area contributed by atoms with Crippen molar-refractivity contribution in [2.45, 2.75) is 10.6 Å². The van der Waals surface area contributed by atoms with Gasteiger partial charge in [-0.25, -0.2) is 12.8 Å². The van der Waals surface area contributed by atoms with Gasteiger partial charge in [0, 0.05) is 35.2 Å². The van der Waals surface area contributed by atoms with Crippen molar-refractivity contribution in [3.63, 3.8) is 0 Å². The normalized spacial score (nSPS) is 11.6. The summed E-state index contributed by atoms with van der Waals surface area (Å²) in [6.45, 7) is 0. The number of nitrogens with one attached hydrogen (secondary N) is 1. The first kappa shape index (κ1) is 24.6. The number of carbonyl (C=O) groups excluding carboxylic acids is 1. The Morgan fingerprint density at radius 2 is 1.94 bits per heavy atom. The first-order valence-corrected chi connectivity index (χ1v) is 13.5. The molecule has 2 aromatic carbocycles. The van der Waals surface area contributed by atoms with Crippen molar-refractivity contribution in [1.82, 2.24) is 4.57 Å². The van der Waals surface area contributed by atoms with Crippen LogP contribution in [0.25, 0.3) is 16.5 Å². The minimum absolute atomic E-state index is 0.0107. The van der Waals surface area contributed by atoms with Gasteiger partial charge in [-0.2, -0.15) is 0 Å². The number of hydrogen-bond acceptors (Lipinski definition) is 6. The summed E-state index contributed by atoms with van der Waals surface area (Å²) in [5.74, 6) is -1.99. The lowest BCUT2D eigenvalue weighted by atomic mass is 10.1. The molecule has 11 heteroatoms. The number of benzene rings is 2. The lowest BCUT2D eigenvalue weighted by molar-refractivity contribution is -0.116. The molecular formula is C23H17BrClFN2O4S2. The summed E-state index contributed by atoms with van der Waals surface area (Å²) < 4.78 is 41.9. The predicted molar refractivity (Wildman–Crippen MR) is 137 cm³/mol. The van der Waals surface area contributed by atoms with Crippen LogP contribution in [-0.2, 0) is 21.1 Å². The van der Waals surface area contributed by atoms with Gasteiger partial charge >= 0.3 is 0 Å². The number of halogens is 3. The Morgan fingerprint density at radius 1 is 1.18 bits per heavy atom. The van der Waals surface area contributed by atoms with E-state index in [9.17, 15) is 22.4 Å². The van der Waals surface area contributed by atoms with Gasteiger partial charge < -0.3 is 5.32 Å². The van der Waals surface area contributed by atoms with Crippen molar-refractivity contribution in [3.8, 4) is 5.69 Å². The summed E-state index contributed by atoms with van der Waals surface area (Å²) >= 11 is 10.1. The molecule has 0 unspecified atom stereocenters. The Hall–Kier alpha value is -2.53. The minimum atomic E-state index is -3.82. The average Bonchev–Trinajstić information content (AvgIpc) is 3.22. The van der Waals surface area contributed by atoms with Gasteiger partial charge in [0.2, 0.25) is 0 Å². The molecule has 0 saturated carbocycles. The topological polar surface area (TPSA) is 85.2 Å². The number of nitrogens with zero attached hydrogens (tertiary/aromatic N) is 1. The van der Waals surface area contributed by atoms with Gasteiger partial charge in [-0.05, 0) is 69.3 Å². The number of Topliss-reactive ketones (excluding diaryl/α,β-unsaturated/α-hetero) is 1. The molecule has 0 atom stereocenters. The number of carbonyl (C=O) groups is 1. The standard InChI is InChI=1S/C23H17BrClFN2O4S2/c1-27-19-10-14-6-7-28(23(30)16(14)11-17(19)24)20-3-2-13(9-18(20)26)8-15(29)12-34(31,32)22-5-4-21(25)33-22/h2-7,9-11,27H,8,12H2,1H3. The van der Waals surface area contributed by atoms with Gasteiger partial charge in [0.05, 0.1) is 10.0 Å². The van der Waals surface area contributed by atoms with Crippen molar-refractivity contribution < 1.29 is 17.6 Å². The second kappa shape index (κ2) is 9.61. The summed E-state index contributed by atoms with van der Waals surface area (Å²) in [5, 5.41) is 4.13. The average molecular weight is 584 g/mol. The molecule has 0 bridgehead atoms. The predicted octanol–water partition coefficient (Wildman–Crippen LogP) is 5.23. The first-order valence-electron chi connectivity index (χ1n) is 9.90. The van der Waals surface area contributed by atoms with Crippen LogP contribution in [0, 0.1) is 5.82 Å². The Bertz CT molecular complexity index is 1600. The summed E-state index contributed by atoms with van der Waals surface area (Å²) in [6.07, 6.45) is 1.22. The number of fused-ring (bicyclic) bond motifs is 1. The summed E-state index contributed by atoms with van der Waals surface area (Å²) in [5.41, 5.74) is 0.747. The summed E-state index contributed by atoms with van der Waals surface area (Å²) in [6, 6.07) is 12.0. The second-order valence-electron chi connectivity index (χ2n) is 7.48. The third-order valence-electron chi connectivity index (χ3n) is 5.14. The Morgan fingerprint density at radius 3 is 2.59 bits per heavy atom. The van der Waals surface area contributed by atoms with Crippen LogP contribution in [0.3, 0.4) is 0 Å². The van der Waals surface area contributed by atoms with Crippen LogP contribution in [0.15, 0.2) is 68.2 Å². The quantitative estimate of drug-likeness (QED) is 0.322. The van der Waals surface area contributed by atoms with Crippen molar-refractivity contribution in [2.24, 2.45) is 0 Å². The van der Waals surface area contributed by atoms with E-state index in [1.807, 2.05) is 6.07 Å². The van der Waals surface area contributed by atoms with Crippen molar-refractivity contribution in [3.05, 3.63) is 85.3 Å². The van der Waals surface area contributed by atoms with E-state index in [4.69, 9.17) is 11.6 Å². The van der Waals surface area contributed by atoms with Gasteiger partial charge in [-0.3, -0.25) is 14.2 Å². The Balaban J connectivity index is 1.59. The van der Waals surface area contributed by atoms with Gasteiger partial charge in [-0.15, -0.1) is 11.3 Å². The van der Waals surface area contributed by atoms with Gasteiger partial charge in [0.25, 0.3) is 5.56 Å². The van der Waals surface area contributed by atoms with Crippen molar-refractivity contribution in [2.75, 3.05) is 18.1 Å². The number of anilines is 1. The molecule has 0 amide bonds. The molecule has 2 heterocycles. The SMILES string of the molecule is CNc1cc2ccn(-c3ccc(CC(=O)CS(=O)(=O)c4ccc(Cl)s4)cc3F)c(=O)c2cc1Br. The molecule has 176 valence electrons. The van der Waals surface area contributed by atoms with Crippen LogP contribution in [0.5, 0.6) is 0 Å². The number of aromatic nitrogens is 1. The third kappa shape index (κ3) is 4.95. The molecule has 4 aromatic rings. The Kier molecular flexibility index (Phi) is 6.95. The first-order chi connectivity index (χ1) is 16.1. The molecule has 6 nitrogen and oxygen atoms in total. The number of thiophene rings is 1. The second-order valence-corrected chi connectivity index (χ2v) is 12.3. The maximum absolute atomic E-state index is 14.9. The highest BCUT2D eigenvalue weighted by atomic mass is 79.9. The fraction of sp³-hybridized carbons (Fsp3) is 0.130. The van der Waals surface area contributed by atoms with Crippen LogP contribution in [-0.4, -0.2) is 31.6 Å². The molecule has 0 saturated heterocycles. The van der Waals surface area contributed by atoms with E-state index in [0.717, 1.165) is 23.1 Å². The van der Waals surface area contributed by atoms with Gasteiger partial charge in [0.1, 0.15) is 15.8 Å². The molecule has 0 aliphatic heterocycles. The van der Waals surface area contributed by atoms with Crippen LogP contribution >= 0.6 is 38.9 Å². The molecule has 0 aliphatic rings. The number of ketones is 1. The smallest absolute Gasteiger partial charge is 0.263 e. The maximum atomic E-state index is 14.9. The van der Waals surface area contributed by atoms with Crippen LogP contribution in [0.1, 0.15) is 5.56 Å². The Labute approximate surface area is 212 Å². The fourth-order valence-corrected chi connectivity index (χ4v) is 6.88. The number of sulfone groups is 1. The fourth-order valence-electron chi connectivity index (χ4n) is 3.53. The van der Waals surface area contributed by atoms with Crippen molar-refractivity contribution in [1.29, 1.82) is 0 Å². The highest BCUT2D eigenvalue weighted by Crippen LogP contribution is 2.28. The largest absolute Gasteiger partial charge is 0.387 e. The molecular weight excluding hydrogens is 567 g/mol. The van der Waals surface area contributed by atoms with E-state index < -0.39 is 32.7 Å². The zero-order valence-electron chi connectivity index (χ0n) is 17.6. The lowest BCUT2D eigenvalue weighted by Crippen LogP contribution is -2.19. The van der Waals surface area contributed by atoms with E-state index in [-0.39, 0.29) is 16.3 Å². The third-order valence-corrected chi connectivity index (χ3v) is 9.28. The molecule has 4 rings (SSSR count). The summed E-state index contributed by atoms with van der Waals surface area (Å²) in [7, 11) is -2.05. The molecule has 1 N–H and O–H groups in total. The molecule has 2 aromatic heterocycles. The molecule has 0 fully saturated rings. The minimum Gasteiger partial charge on any atom is -0.387 e. The summed E-state index contributed by atoms with van der Waals surface area (Å²) in [4.78, 5) is 25.4.